The number of aromatic nitrogens is 1. The SMILES string of the molecule is Cc1ccc(S(=O)(=O)O)cc1.NC1CN(c2ccc(Cl)nc2)C1. The molecule has 1 fully saturated rings. The molecule has 0 amide bonds. The van der Waals surface area contributed by atoms with E-state index < -0.39 is 10.1 Å². The molecule has 3 N–H and O–H groups in total. The van der Waals surface area contributed by atoms with Gasteiger partial charge in [-0.3, -0.25) is 4.55 Å². The Morgan fingerprint density at radius 1 is 1.22 bits per heavy atom. The summed E-state index contributed by atoms with van der Waals surface area (Å²) in [6.45, 7) is 3.68. The van der Waals surface area contributed by atoms with Crippen molar-refractivity contribution in [3.8, 4) is 0 Å². The Labute approximate surface area is 140 Å². The molecular formula is C15H18ClN3O3S. The van der Waals surface area contributed by atoms with Gasteiger partial charge in [-0.25, -0.2) is 4.98 Å². The summed E-state index contributed by atoms with van der Waals surface area (Å²) in [5.74, 6) is 0. The fourth-order valence-corrected chi connectivity index (χ4v) is 2.58. The van der Waals surface area contributed by atoms with Crippen molar-refractivity contribution in [2.24, 2.45) is 5.73 Å². The number of hydrogen-bond donors (Lipinski definition) is 2. The summed E-state index contributed by atoms with van der Waals surface area (Å²) in [4.78, 5) is 6.10. The highest BCUT2D eigenvalue weighted by molar-refractivity contribution is 7.85. The second-order valence-electron chi connectivity index (χ2n) is 5.29. The average Bonchev–Trinajstić information content (AvgIpc) is 2.45. The number of aryl methyl sites for hydroxylation is 1. The summed E-state index contributed by atoms with van der Waals surface area (Å²) in [5.41, 5.74) is 7.70. The molecule has 1 aromatic heterocycles. The molecule has 124 valence electrons. The minimum atomic E-state index is -4.02. The van der Waals surface area contributed by atoms with Crippen LogP contribution in [-0.4, -0.2) is 37.1 Å². The number of nitrogens with two attached hydrogens (primary N) is 1. The van der Waals surface area contributed by atoms with Crippen LogP contribution in [0.15, 0.2) is 47.5 Å². The van der Waals surface area contributed by atoms with Gasteiger partial charge in [0.15, 0.2) is 0 Å². The fourth-order valence-electron chi connectivity index (χ4n) is 1.99. The lowest BCUT2D eigenvalue weighted by molar-refractivity contribution is 0.483. The molecule has 2 aromatic rings. The second-order valence-corrected chi connectivity index (χ2v) is 7.10. The van der Waals surface area contributed by atoms with Crippen LogP contribution in [0.3, 0.4) is 0 Å². The Kier molecular flexibility index (Phi) is 5.59. The molecule has 1 aliphatic rings. The first-order valence-corrected chi connectivity index (χ1v) is 8.74. The zero-order valence-corrected chi connectivity index (χ0v) is 14.1. The lowest BCUT2D eigenvalue weighted by atomic mass is 10.1. The third kappa shape index (κ3) is 5.18. The minimum absolute atomic E-state index is 0.0666. The molecule has 23 heavy (non-hydrogen) atoms. The van der Waals surface area contributed by atoms with Gasteiger partial charge in [0.05, 0.1) is 16.8 Å². The molecule has 0 bridgehead atoms. The van der Waals surface area contributed by atoms with E-state index in [2.05, 4.69) is 9.88 Å². The largest absolute Gasteiger partial charge is 0.367 e. The van der Waals surface area contributed by atoms with Crippen LogP contribution in [-0.2, 0) is 10.1 Å². The number of rotatable bonds is 2. The maximum Gasteiger partial charge on any atom is 0.294 e. The normalized spacial score (nSPS) is 14.7. The van der Waals surface area contributed by atoms with Crippen molar-refractivity contribution in [2.45, 2.75) is 17.9 Å². The van der Waals surface area contributed by atoms with Gasteiger partial charge in [-0.1, -0.05) is 29.3 Å². The molecule has 0 saturated carbocycles. The fraction of sp³-hybridized carbons (Fsp3) is 0.267. The van der Waals surface area contributed by atoms with E-state index in [4.69, 9.17) is 21.9 Å². The zero-order valence-electron chi connectivity index (χ0n) is 12.6. The Balaban J connectivity index is 0.000000168. The maximum atomic E-state index is 10.5. The third-order valence-corrected chi connectivity index (χ3v) is 4.40. The van der Waals surface area contributed by atoms with Crippen molar-refractivity contribution >= 4 is 27.4 Å². The topological polar surface area (TPSA) is 96.5 Å². The van der Waals surface area contributed by atoms with Gasteiger partial charge in [-0.2, -0.15) is 8.42 Å². The molecule has 3 rings (SSSR count). The average molecular weight is 356 g/mol. The van der Waals surface area contributed by atoms with Crippen molar-refractivity contribution in [3.05, 3.63) is 53.3 Å². The van der Waals surface area contributed by atoms with E-state index >= 15 is 0 Å². The van der Waals surface area contributed by atoms with E-state index in [1.54, 1.807) is 24.4 Å². The number of halogens is 1. The van der Waals surface area contributed by atoms with Crippen LogP contribution in [0.4, 0.5) is 5.69 Å². The van der Waals surface area contributed by atoms with Crippen molar-refractivity contribution in [1.29, 1.82) is 0 Å². The van der Waals surface area contributed by atoms with E-state index in [1.807, 2.05) is 13.0 Å². The van der Waals surface area contributed by atoms with Crippen LogP contribution >= 0.6 is 11.6 Å². The summed E-state index contributed by atoms with van der Waals surface area (Å²) in [5, 5.41) is 0.531. The van der Waals surface area contributed by atoms with Gasteiger partial charge in [-0.05, 0) is 31.2 Å². The predicted molar refractivity (Wildman–Crippen MR) is 90.4 cm³/mol. The Bertz CT molecular complexity index is 743. The van der Waals surface area contributed by atoms with Gasteiger partial charge >= 0.3 is 0 Å². The summed E-state index contributed by atoms with van der Waals surface area (Å²) >= 11 is 5.65. The third-order valence-electron chi connectivity index (χ3n) is 3.31. The van der Waals surface area contributed by atoms with E-state index in [0.717, 1.165) is 24.3 Å². The highest BCUT2D eigenvalue weighted by Crippen LogP contribution is 2.19. The number of hydrogen-bond acceptors (Lipinski definition) is 5. The van der Waals surface area contributed by atoms with Gasteiger partial charge in [-0.15, -0.1) is 0 Å². The first-order valence-electron chi connectivity index (χ1n) is 6.92. The van der Waals surface area contributed by atoms with Gasteiger partial charge in [0.25, 0.3) is 10.1 Å². The van der Waals surface area contributed by atoms with Gasteiger partial charge in [0.2, 0.25) is 0 Å². The Morgan fingerprint density at radius 3 is 2.26 bits per heavy atom. The molecule has 0 radical (unpaired) electrons. The zero-order chi connectivity index (χ0) is 17.0. The first-order chi connectivity index (χ1) is 10.8. The molecule has 1 aromatic carbocycles. The van der Waals surface area contributed by atoms with E-state index in [1.165, 1.54) is 12.1 Å². The summed E-state index contributed by atoms with van der Waals surface area (Å²) in [7, 11) is -4.02. The summed E-state index contributed by atoms with van der Waals surface area (Å²) in [6, 6.07) is 10.1. The Morgan fingerprint density at radius 2 is 1.83 bits per heavy atom. The van der Waals surface area contributed by atoms with E-state index in [-0.39, 0.29) is 4.90 Å². The second kappa shape index (κ2) is 7.27. The van der Waals surface area contributed by atoms with Crippen molar-refractivity contribution < 1.29 is 13.0 Å². The molecule has 0 aliphatic carbocycles. The molecule has 2 heterocycles. The standard InChI is InChI=1S/C8H10ClN3.C7H8O3S/c9-8-2-1-7(3-11-8)12-4-6(10)5-12;1-6-2-4-7(5-3-6)11(8,9)10/h1-3,6H,4-5,10H2;2-5H,1H3,(H,8,9,10). The molecule has 6 nitrogen and oxygen atoms in total. The highest BCUT2D eigenvalue weighted by atomic mass is 35.5. The maximum absolute atomic E-state index is 10.5. The molecule has 0 spiro atoms. The minimum Gasteiger partial charge on any atom is -0.367 e. The molecule has 0 atom stereocenters. The van der Waals surface area contributed by atoms with Crippen LogP contribution in [0.25, 0.3) is 0 Å². The van der Waals surface area contributed by atoms with Gasteiger partial charge < -0.3 is 10.6 Å². The van der Waals surface area contributed by atoms with Crippen molar-refractivity contribution in [2.75, 3.05) is 18.0 Å². The summed E-state index contributed by atoms with van der Waals surface area (Å²) < 4.78 is 29.6. The lowest BCUT2D eigenvalue weighted by Gasteiger charge is -2.38. The molecule has 1 aliphatic heterocycles. The van der Waals surface area contributed by atoms with Crippen LogP contribution in [0.1, 0.15) is 5.56 Å². The molecule has 1 saturated heterocycles. The lowest BCUT2D eigenvalue weighted by Crippen LogP contribution is -2.55. The van der Waals surface area contributed by atoms with E-state index in [0.29, 0.717) is 11.2 Å². The van der Waals surface area contributed by atoms with Crippen LogP contribution < -0.4 is 10.6 Å². The molecule has 0 unspecified atom stereocenters. The summed E-state index contributed by atoms with van der Waals surface area (Å²) in [6.07, 6.45) is 1.77. The number of nitrogens with zero attached hydrogens (tertiary/aromatic N) is 2. The van der Waals surface area contributed by atoms with Crippen molar-refractivity contribution in [1.82, 2.24) is 4.98 Å². The number of benzene rings is 1. The monoisotopic (exact) mass is 355 g/mol. The predicted octanol–water partition coefficient (Wildman–Crippen LogP) is 2.12. The Hall–Kier alpha value is -1.67. The van der Waals surface area contributed by atoms with Crippen molar-refractivity contribution in [3.63, 3.8) is 0 Å². The van der Waals surface area contributed by atoms with Gasteiger partial charge in [0, 0.05) is 19.1 Å². The smallest absolute Gasteiger partial charge is 0.294 e. The molecular weight excluding hydrogens is 338 g/mol. The number of anilines is 1. The molecule has 8 heteroatoms. The number of pyridine rings is 1. The first kappa shape index (κ1) is 17.7. The van der Waals surface area contributed by atoms with Crippen LogP contribution in [0, 0.1) is 6.92 Å². The highest BCUT2D eigenvalue weighted by Gasteiger charge is 2.22. The van der Waals surface area contributed by atoms with Crippen LogP contribution in [0.2, 0.25) is 5.15 Å². The van der Waals surface area contributed by atoms with Gasteiger partial charge in [0.1, 0.15) is 5.15 Å². The van der Waals surface area contributed by atoms with Crippen LogP contribution in [0.5, 0.6) is 0 Å². The quantitative estimate of drug-likeness (QED) is 0.632. The van der Waals surface area contributed by atoms with E-state index in [9.17, 15) is 8.42 Å².